The normalized spacial score (nSPS) is 52.0. The van der Waals surface area contributed by atoms with E-state index in [1.165, 1.54) is 0 Å². The predicted octanol–water partition coefficient (Wildman–Crippen LogP) is -2.57. The summed E-state index contributed by atoms with van der Waals surface area (Å²) < 4.78 is 22.4. The maximum Gasteiger partial charge on any atom is 0.222 e. The minimum atomic E-state index is -2.31. The minimum absolute atomic E-state index is 0.0197. The van der Waals surface area contributed by atoms with Crippen LogP contribution >= 0.6 is 0 Å². The van der Waals surface area contributed by atoms with Gasteiger partial charge in [0.25, 0.3) is 0 Å². The van der Waals surface area contributed by atoms with Crippen LogP contribution in [0.5, 0.6) is 0 Å². The van der Waals surface area contributed by atoms with Crippen molar-refractivity contribution >= 4 is 11.6 Å². The molecule has 2 heterocycles. The molecule has 15 heteroatoms. The molecule has 0 aromatic heterocycles. The highest BCUT2D eigenvalue weighted by atomic mass is 16.8. The van der Waals surface area contributed by atoms with E-state index in [-0.39, 0.29) is 41.8 Å². The van der Waals surface area contributed by atoms with Crippen molar-refractivity contribution in [3.05, 3.63) is 11.6 Å². The van der Waals surface area contributed by atoms with Gasteiger partial charge in [-0.1, -0.05) is 19.4 Å². The van der Waals surface area contributed by atoms with Crippen molar-refractivity contribution in [2.45, 2.75) is 125 Å². The lowest BCUT2D eigenvalue weighted by molar-refractivity contribution is -0.319. The molecular formula is C33H50O15. The van der Waals surface area contributed by atoms with Crippen molar-refractivity contribution in [2.75, 3.05) is 26.4 Å². The topological polar surface area (TPSA) is 253 Å². The third-order valence-electron chi connectivity index (χ3n) is 13.0. The molecule has 6 rings (SSSR count). The van der Waals surface area contributed by atoms with Crippen molar-refractivity contribution in [3.8, 4) is 0 Å². The lowest BCUT2D eigenvalue weighted by atomic mass is 9.45. The van der Waals surface area contributed by atoms with Gasteiger partial charge in [0.05, 0.1) is 19.3 Å². The number of allylic oxidation sites excluding steroid dienone is 1. The highest BCUT2D eigenvalue weighted by molar-refractivity contribution is 5.92. The van der Waals surface area contributed by atoms with E-state index in [0.29, 0.717) is 25.7 Å². The number of carbonyl (C=O) groups is 2. The first-order valence-corrected chi connectivity index (χ1v) is 17.0. The molecule has 272 valence electrons. The van der Waals surface area contributed by atoms with Crippen LogP contribution in [0.25, 0.3) is 0 Å². The predicted molar refractivity (Wildman–Crippen MR) is 160 cm³/mol. The molecule has 3 saturated carbocycles. The zero-order chi connectivity index (χ0) is 35.0. The molecule has 5 fully saturated rings. The molecule has 1 unspecified atom stereocenters. The van der Waals surface area contributed by atoms with Gasteiger partial charge in [0, 0.05) is 11.8 Å². The van der Waals surface area contributed by atoms with E-state index in [1.807, 2.05) is 6.92 Å². The maximum atomic E-state index is 13.9. The van der Waals surface area contributed by atoms with Gasteiger partial charge in [-0.25, -0.2) is 0 Å². The molecule has 0 aromatic rings. The number of aliphatic hydroxyl groups is 9. The van der Waals surface area contributed by atoms with E-state index in [9.17, 15) is 55.5 Å². The number of rotatable bonds is 9. The summed E-state index contributed by atoms with van der Waals surface area (Å²) in [5, 5.41) is 95.5. The summed E-state index contributed by atoms with van der Waals surface area (Å²) in [6.45, 7) is 0.608. The van der Waals surface area contributed by atoms with Crippen LogP contribution in [0.2, 0.25) is 0 Å². The average molecular weight is 687 g/mol. The molecule has 4 aliphatic carbocycles. The van der Waals surface area contributed by atoms with Gasteiger partial charge in [-0.2, -0.15) is 0 Å². The summed E-state index contributed by atoms with van der Waals surface area (Å²) in [5.41, 5.74) is -2.20. The van der Waals surface area contributed by atoms with Crippen LogP contribution in [0.4, 0.5) is 0 Å². The van der Waals surface area contributed by atoms with Crippen LogP contribution < -0.4 is 0 Å². The Bertz CT molecular complexity index is 1280. The van der Waals surface area contributed by atoms with Gasteiger partial charge in [0.15, 0.2) is 17.9 Å². The monoisotopic (exact) mass is 686 g/mol. The van der Waals surface area contributed by atoms with Crippen LogP contribution in [0, 0.1) is 28.6 Å². The van der Waals surface area contributed by atoms with Gasteiger partial charge in [-0.15, -0.1) is 0 Å². The zero-order valence-corrected chi connectivity index (χ0v) is 27.3. The Morgan fingerprint density at radius 1 is 0.958 bits per heavy atom. The number of aliphatic hydroxyl groups excluding tert-OH is 8. The zero-order valence-electron chi connectivity index (χ0n) is 27.3. The standard InChI is InChI=1S/C33H50O15/c1-30-7-5-16(37)9-15(30)3-4-17-18-6-8-32(44,31(18,2)10-19(38)23(17)30)22(39)13-45-33(14-36)28(43)27(21(12-35)48-33)47-29-26(42)25(41)24(40)20(11-34)46-29/h9,17-21,23-29,34-36,38,40-44H,3-8,10-14H2,1-2H3/t17-,18-,19-,20-,21+,23+,24+,25+,26-,27+,28-,29+,30-,31-,32-,33?/m0/s1. The first-order valence-electron chi connectivity index (χ1n) is 17.0. The van der Waals surface area contributed by atoms with Crippen LogP contribution in [0.15, 0.2) is 11.6 Å². The van der Waals surface area contributed by atoms with Crippen LogP contribution in [0.1, 0.15) is 58.8 Å². The number of Topliss-reactive ketones (excluding diaryl/α,β-unsaturated/α-hetero) is 1. The first-order chi connectivity index (χ1) is 22.6. The van der Waals surface area contributed by atoms with E-state index in [1.54, 1.807) is 6.08 Å². The first kappa shape index (κ1) is 36.4. The van der Waals surface area contributed by atoms with E-state index < -0.39 is 104 Å². The smallest absolute Gasteiger partial charge is 0.222 e. The van der Waals surface area contributed by atoms with Crippen molar-refractivity contribution in [2.24, 2.45) is 28.6 Å². The van der Waals surface area contributed by atoms with Gasteiger partial charge in [-0.05, 0) is 67.8 Å². The van der Waals surface area contributed by atoms with Gasteiger partial charge < -0.3 is 64.9 Å². The van der Waals surface area contributed by atoms with Crippen molar-refractivity contribution in [1.29, 1.82) is 0 Å². The van der Waals surface area contributed by atoms with Crippen molar-refractivity contribution in [1.82, 2.24) is 0 Å². The Hall–Kier alpha value is -1.44. The third-order valence-corrected chi connectivity index (χ3v) is 13.0. The second-order valence-electron chi connectivity index (χ2n) is 15.2. The highest BCUT2D eigenvalue weighted by Crippen LogP contribution is 2.67. The minimum Gasteiger partial charge on any atom is -0.394 e. The van der Waals surface area contributed by atoms with E-state index >= 15 is 0 Å². The summed E-state index contributed by atoms with van der Waals surface area (Å²) in [6, 6.07) is 0. The fraction of sp³-hybridized carbons (Fsp3) is 0.879. The summed E-state index contributed by atoms with van der Waals surface area (Å²) in [6.07, 6.45) is -8.86. The SMILES string of the molecule is C[C@]12CCC(=O)C=C1CC[C@@H]1[C@@H]2[C@@H](O)C[C@@]2(C)[C@H]1CC[C@]2(O)C(=O)COC1(CO)O[C@H](CO)[C@@H](O[C@H]2O[C@@H](CO)[C@@H](O)[C@@H](O)[C@@H]2O)[C@@H]1O. The Morgan fingerprint density at radius 2 is 1.67 bits per heavy atom. The molecule has 9 N–H and O–H groups in total. The van der Waals surface area contributed by atoms with Crippen LogP contribution in [0.3, 0.4) is 0 Å². The fourth-order valence-corrected chi connectivity index (χ4v) is 10.2. The molecule has 0 amide bonds. The Kier molecular flexibility index (Phi) is 9.81. The molecule has 48 heavy (non-hydrogen) atoms. The van der Waals surface area contributed by atoms with Crippen molar-refractivity contribution < 1.29 is 74.5 Å². The van der Waals surface area contributed by atoms with Crippen molar-refractivity contribution in [3.63, 3.8) is 0 Å². The molecular weight excluding hydrogens is 636 g/mol. The Morgan fingerprint density at radius 3 is 2.33 bits per heavy atom. The number of ketones is 2. The molecule has 2 aliphatic heterocycles. The molecule has 6 aliphatic rings. The summed E-state index contributed by atoms with van der Waals surface area (Å²) in [7, 11) is 0. The number of hydrogen-bond donors (Lipinski definition) is 9. The molecule has 0 aromatic carbocycles. The second kappa shape index (κ2) is 13.0. The molecule has 16 atom stereocenters. The fourth-order valence-electron chi connectivity index (χ4n) is 10.2. The molecule has 0 bridgehead atoms. The van der Waals surface area contributed by atoms with Gasteiger partial charge in [0.1, 0.15) is 61.5 Å². The van der Waals surface area contributed by atoms with Crippen LogP contribution in [-0.4, -0.2) is 150 Å². The number of fused-ring (bicyclic) bond motifs is 5. The lowest BCUT2D eigenvalue weighted by Gasteiger charge is -2.60. The van der Waals surface area contributed by atoms with Gasteiger partial charge >= 0.3 is 0 Å². The van der Waals surface area contributed by atoms with Gasteiger partial charge in [-0.3, -0.25) is 9.59 Å². The molecule has 15 nitrogen and oxygen atoms in total. The number of ether oxygens (including phenoxy) is 4. The lowest BCUT2D eigenvalue weighted by Crippen LogP contribution is -2.62. The molecule has 0 radical (unpaired) electrons. The largest absolute Gasteiger partial charge is 0.394 e. The van der Waals surface area contributed by atoms with E-state index in [4.69, 9.17) is 18.9 Å². The Balaban J connectivity index is 1.17. The average Bonchev–Trinajstić information content (AvgIpc) is 3.49. The quantitative estimate of drug-likeness (QED) is 0.121. The third kappa shape index (κ3) is 5.36. The van der Waals surface area contributed by atoms with E-state index in [0.717, 1.165) is 12.0 Å². The molecule has 0 spiro atoms. The second-order valence-corrected chi connectivity index (χ2v) is 15.2. The summed E-state index contributed by atoms with van der Waals surface area (Å²) >= 11 is 0. The molecule has 2 saturated heterocycles. The Labute approximate surface area is 278 Å². The summed E-state index contributed by atoms with van der Waals surface area (Å²) in [4.78, 5) is 26.1. The number of hydrogen-bond acceptors (Lipinski definition) is 15. The number of carbonyl (C=O) groups excluding carboxylic acids is 2. The van der Waals surface area contributed by atoms with E-state index in [2.05, 4.69) is 6.92 Å². The van der Waals surface area contributed by atoms with Gasteiger partial charge in [0.2, 0.25) is 5.79 Å². The summed E-state index contributed by atoms with van der Waals surface area (Å²) in [5.74, 6) is -3.13. The highest BCUT2D eigenvalue weighted by Gasteiger charge is 2.69. The maximum absolute atomic E-state index is 13.9. The van der Waals surface area contributed by atoms with Crippen LogP contribution in [-0.2, 0) is 28.5 Å².